The molecule has 0 aliphatic carbocycles. The van der Waals surface area contributed by atoms with Crippen LogP contribution in [0.3, 0.4) is 0 Å². The van der Waals surface area contributed by atoms with Crippen LogP contribution in [0, 0.1) is 10.1 Å². The van der Waals surface area contributed by atoms with E-state index in [2.05, 4.69) is 26.0 Å². The van der Waals surface area contributed by atoms with E-state index in [9.17, 15) is 14.9 Å². The van der Waals surface area contributed by atoms with E-state index < -0.39 is 10.5 Å². The highest BCUT2D eigenvalue weighted by Gasteiger charge is 2.21. The average Bonchev–Trinajstić information content (AvgIpc) is 3.34. The molecule has 8 nitrogen and oxygen atoms in total. The Hall–Kier alpha value is -3.82. The molecular formula is C23H12BrClN4O4. The monoisotopic (exact) mass is 522 g/mol. The van der Waals surface area contributed by atoms with Gasteiger partial charge in [-0.25, -0.2) is 4.98 Å². The second kappa shape index (κ2) is 8.27. The molecular weight excluding hydrogens is 512 g/mol. The van der Waals surface area contributed by atoms with Crippen molar-refractivity contribution in [1.29, 1.82) is 0 Å². The van der Waals surface area contributed by atoms with Gasteiger partial charge in [0.15, 0.2) is 12.2 Å². The van der Waals surface area contributed by atoms with Crippen LogP contribution in [0.15, 0.2) is 86.9 Å². The molecule has 2 heterocycles. The van der Waals surface area contributed by atoms with Gasteiger partial charge < -0.3 is 4.42 Å². The quantitative estimate of drug-likeness (QED) is 0.210. The fourth-order valence-corrected chi connectivity index (χ4v) is 4.27. The first-order chi connectivity index (χ1) is 15.9. The fourth-order valence-electron chi connectivity index (χ4n) is 3.61. The molecule has 5 rings (SSSR count). The first-order valence-electron chi connectivity index (χ1n) is 9.58. The number of aromatic nitrogens is 3. The smallest absolute Gasteiger partial charge is 0.295 e. The summed E-state index contributed by atoms with van der Waals surface area (Å²) >= 11 is 9.62. The molecule has 0 radical (unpaired) electrons. The van der Waals surface area contributed by atoms with Crippen molar-refractivity contribution >= 4 is 44.0 Å². The minimum absolute atomic E-state index is 0.0186. The average molecular weight is 524 g/mol. The van der Waals surface area contributed by atoms with Crippen molar-refractivity contribution in [2.45, 2.75) is 0 Å². The standard InChI is InChI=1S/C23H12BrClN4O4/c24-15-8-13(21-11-26-12-33-21)7-14(9-15)22-17-3-1-2-4-18(17)23(30)28(27-22)20-10-16(25)5-6-19(20)29(31)32/h1-12H. The van der Waals surface area contributed by atoms with E-state index >= 15 is 0 Å². The van der Waals surface area contributed by atoms with Gasteiger partial charge >= 0.3 is 0 Å². The van der Waals surface area contributed by atoms with Crippen LogP contribution in [-0.2, 0) is 0 Å². The van der Waals surface area contributed by atoms with E-state index in [1.807, 2.05) is 18.2 Å². The third-order valence-corrected chi connectivity index (χ3v) is 5.75. The molecule has 0 amide bonds. The second-order valence-corrected chi connectivity index (χ2v) is 8.45. The van der Waals surface area contributed by atoms with Gasteiger partial charge in [0.05, 0.1) is 22.2 Å². The maximum absolute atomic E-state index is 13.3. The van der Waals surface area contributed by atoms with E-state index in [1.165, 1.54) is 24.6 Å². The highest BCUT2D eigenvalue weighted by Crippen LogP contribution is 2.33. The predicted molar refractivity (Wildman–Crippen MR) is 128 cm³/mol. The number of oxazole rings is 1. The zero-order valence-electron chi connectivity index (χ0n) is 16.6. The minimum atomic E-state index is -0.574. The van der Waals surface area contributed by atoms with Gasteiger partial charge in [0.25, 0.3) is 11.2 Å². The Bertz CT molecular complexity index is 1600. The van der Waals surface area contributed by atoms with Crippen molar-refractivity contribution in [2.24, 2.45) is 0 Å². The van der Waals surface area contributed by atoms with Gasteiger partial charge in [-0.05, 0) is 36.4 Å². The molecule has 0 aliphatic rings. The third-order valence-electron chi connectivity index (χ3n) is 5.06. The summed E-state index contributed by atoms with van der Waals surface area (Å²) in [7, 11) is 0. The Kier molecular flexibility index (Phi) is 5.27. The number of hydrogen-bond donors (Lipinski definition) is 0. The minimum Gasteiger partial charge on any atom is -0.444 e. The summed E-state index contributed by atoms with van der Waals surface area (Å²) in [6.45, 7) is 0. The van der Waals surface area contributed by atoms with E-state index in [-0.39, 0.29) is 16.4 Å². The zero-order valence-corrected chi connectivity index (χ0v) is 18.9. The number of benzene rings is 3. The number of fused-ring (bicyclic) bond motifs is 1. The molecule has 0 saturated heterocycles. The van der Waals surface area contributed by atoms with Gasteiger partial charge in [0, 0.05) is 32.1 Å². The Balaban J connectivity index is 1.85. The van der Waals surface area contributed by atoms with Gasteiger partial charge in [-0.15, -0.1) is 0 Å². The van der Waals surface area contributed by atoms with Crippen molar-refractivity contribution in [3.8, 4) is 28.3 Å². The molecule has 0 aliphatic heterocycles. The number of nitro groups is 1. The van der Waals surface area contributed by atoms with Gasteiger partial charge in [0.1, 0.15) is 5.69 Å². The summed E-state index contributed by atoms with van der Waals surface area (Å²) in [4.78, 5) is 28.4. The van der Waals surface area contributed by atoms with E-state index in [1.54, 1.807) is 30.5 Å². The zero-order chi connectivity index (χ0) is 23.1. The highest BCUT2D eigenvalue weighted by molar-refractivity contribution is 9.10. The van der Waals surface area contributed by atoms with Crippen molar-refractivity contribution in [3.05, 3.63) is 103 Å². The summed E-state index contributed by atoms with van der Waals surface area (Å²) < 4.78 is 7.20. The lowest BCUT2D eigenvalue weighted by Gasteiger charge is -2.13. The van der Waals surface area contributed by atoms with Crippen LogP contribution in [0.5, 0.6) is 0 Å². The van der Waals surface area contributed by atoms with Crippen molar-refractivity contribution in [2.75, 3.05) is 0 Å². The molecule has 3 aromatic carbocycles. The molecule has 0 spiro atoms. The second-order valence-electron chi connectivity index (χ2n) is 7.10. The maximum atomic E-state index is 13.3. The largest absolute Gasteiger partial charge is 0.444 e. The molecule has 5 aromatic rings. The van der Waals surface area contributed by atoms with Gasteiger partial charge in [-0.3, -0.25) is 14.9 Å². The molecule has 33 heavy (non-hydrogen) atoms. The highest BCUT2D eigenvalue weighted by atomic mass is 79.9. The summed E-state index contributed by atoms with van der Waals surface area (Å²) in [5, 5.41) is 17.4. The molecule has 2 aromatic heterocycles. The Morgan fingerprint density at radius 1 is 1.03 bits per heavy atom. The Labute approximate surface area is 199 Å². The van der Waals surface area contributed by atoms with Gasteiger partial charge in [0.2, 0.25) is 0 Å². The van der Waals surface area contributed by atoms with Gasteiger partial charge in [-0.2, -0.15) is 9.78 Å². The van der Waals surface area contributed by atoms with Crippen LogP contribution in [0.2, 0.25) is 5.02 Å². The Morgan fingerprint density at radius 3 is 2.52 bits per heavy atom. The van der Waals surface area contributed by atoms with Crippen LogP contribution >= 0.6 is 27.5 Å². The Morgan fingerprint density at radius 2 is 1.79 bits per heavy atom. The normalized spacial score (nSPS) is 11.1. The molecule has 0 saturated carbocycles. The van der Waals surface area contributed by atoms with Crippen molar-refractivity contribution < 1.29 is 9.34 Å². The van der Waals surface area contributed by atoms with Crippen LogP contribution in [0.1, 0.15) is 0 Å². The fraction of sp³-hybridized carbons (Fsp3) is 0. The van der Waals surface area contributed by atoms with Crippen LogP contribution in [0.25, 0.3) is 39.0 Å². The first-order valence-corrected chi connectivity index (χ1v) is 10.8. The molecule has 0 unspecified atom stereocenters. The molecule has 10 heteroatoms. The number of halogens is 2. The summed E-state index contributed by atoms with van der Waals surface area (Å²) in [6.07, 6.45) is 2.93. The van der Waals surface area contributed by atoms with Crippen LogP contribution in [-0.4, -0.2) is 19.7 Å². The number of hydrogen-bond acceptors (Lipinski definition) is 6. The van der Waals surface area contributed by atoms with Crippen LogP contribution in [0.4, 0.5) is 5.69 Å². The number of nitrogens with zero attached hydrogens (tertiary/aromatic N) is 4. The number of nitro benzene ring substituents is 1. The van der Waals surface area contributed by atoms with E-state index in [4.69, 9.17) is 16.0 Å². The molecule has 0 atom stereocenters. The summed E-state index contributed by atoms with van der Waals surface area (Å²) in [6, 6.07) is 16.5. The number of rotatable bonds is 4. The van der Waals surface area contributed by atoms with Gasteiger partial charge in [-0.1, -0.05) is 45.7 Å². The summed E-state index contributed by atoms with van der Waals surface area (Å²) in [5.41, 5.74) is 1.08. The lowest BCUT2D eigenvalue weighted by molar-refractivity contribution is -0.384. The van der Waals surface area contributed by atoms with E-state index in [0.29, 0.717) is 27.8 Å². The molecule has 162 valence electrons. The third kappa shape index (κ3) is 3.81. The lowest BCUT2D eigenvalue weighted by Crippen LogP contribution is -2.23. The molecule has 0 bridgehead atoms. The van der Waals surface area contributed by atoms with Crippen molar-refractivity contribution in [1.82, 2.24) is 14.8 Å². The van der Waals surface area contributed by atoms with Crippen LogP contribution < -0.4 is 5.56 Å². The molecule has 0 fully saturated rings. The topological polar surface area (TPSA) is 104 Å². The van der Waals surface area contributed by atoms with Crippen molar-refractivity contribution in [3.63, 3.8) is 0 Å². The summed E-state index contributed by atoms with van der Waals surface area (Å²) in [5.74, 6) is 0.556. The van der Waals surface area contributed by atoms with E-state index in [0.717, 1.165) is 14.7 Å². The SMILES string of the molecule is O=c1c2ccccc2c(-c2cc(Br)cc(-c3cnco3)c2)nn1-c1cc(Cl)ccc1[N+](=O)[O-]. The first kappa shape index (κ1) is 21.0. The molecule has 0 N–H and O–H groups in total. The maximum Gasteiger partial charge on any atom is 0.295 e. The predicted octanol–water partition coefficient (Wildman–Crippen LogP) is 6.03. The lowest BCUT2D eigenvalue weighted by atomic mass is 10.0.